The molecule has 1 aromatic rings. The van der Waals surface area contributed by atoms with Crippen LogP contribution in [-0.2, 0) is 6.54 Å². The first-order valence-corrected chi connectivity index (χ1v) is 5.96. The first-order chi connectivity index (χ1) is 7.16. The molecule has 0 aromatic carbocycles. The van der Waals surface area contributed by atoms with E-state index in [0.717, 1.165) is 18.1 Å². The summed E-state index contributed by atoms with van der Waals surface area (Å²) in [7, 11) is 0. The normalized spacial score (nSPS) is 22.1. The Bertz CT molecular complexity index is 364. The second-order valence-electron chi connectivity index (χ2n) is 3.89. The molecular formula is C10H14N2O2S. The maximum Gasteiger partial charge on any atom is 0.355 e. The Labute approximate surface area is 92.6 Å². The van der Waals surface area contributed by atoms with Gasteiger partial charge in [0.2, 0.25) is 0 Å². The van der Waals surface area contributed by atoms with Crippen LogP contribution in [0.15, 0.2) is 5.38 Å². The van der Waals surface area contributed by atoms with Crippen molar-refractivity contribution in [2.24, 2.45) is 0 Å². The van der Waals surface area contributed by atoms with Crippen LogP contribution in [0.2, 0.25) is 0 Å². The van der Waals surface area contributed by atoms with Gasteiger partial charge in [0.25, 0.3) is 0 Å². The number of hydrogen-bond donors (Lipinski definition) is 1. The van der Waals surface area contributed by atoms with E-state index < -0.39 is 5.97 Å². The summed E-state index contributed by atoms with van der Waals surface area (Å²) in [4.78, 5) is 17.1. The van der Waals surface area contributed by atoms with Gasteiger partial charge in [0.05, 0.1) is 6.54 Å². The van der Waals surface area contributed by atoms with Gasteiger partial charge >= 0.3 is 5.97 Å². The lowest BCUT2D eigenvalue weighted by atomic mass is 10.2. The molecule has 1 N–H and O–H groups in total. The van der Waals surface area contributed by atoms with Crippen LogP contribution in [0.4, 0.5) is 0 Å². The molecule has 1 unspecified atom stereocenters. The van der Waals surface area contributed by atoms with Crippen molar-refractivity contribution in [3.05, 3.63) is 16.1 Å². The van der Waals surface area contributed by atoms with Gasteiger partial charge in [-0.3, -0.25) is 4.90 Å². The highest BCUT2D eigenvalue weighted by molar-refractivity contribution is 7.09. The first-order valence-electron chi connectivity index (χ1n) is 5.08. The molecule has 1 aliphatic rings. The Hall–Kier alpha value is -0.940. The van der Waals surface area contributed by atoms with E-state index in [2.05, 4.69) is 16.8 Å². The Morgan fingerprint density at radius 2 is 2.60 bits per heavy atom. The molecule has 0 amide bonds. The monoisotopic (exact) mass is 226 g/mol. The number of hydrogen-bond acceptors (Lipinski definition) is 4. The first kappa shape index (κ1) is 10.6. The molecule has 0 saturated carbocycles. The largest absolute Gasteiger partial charge is 0.476 e. The number of carboxylic acid groups (broad SMARTS) is 1. The summed E-state index contributed by atoms with van der Waals surface area (Å²) < 4.78 is 0. The fourth-order valence-corrected chi connectivity index (χ4v) is 2.68. The minimum atomic E-state index is -0.938. The molecule has 82 valence electrons. The van der Waals surface area contributed by atoms with Gasteiger partial charge in [-0.05, 0) is 26.3 Å². The molecule has 5 heteroatoms. The molecule has 1 aliphatic heterocycles. The van der Waals surface area contributed by atoms with Gasteiger partial charge in [-0.15, -0.1) is 11.3 Å². The second-order valence-corrected chi connectivity index (χ2v) is 4.84. The highest BCUT2D eigenvalue weighted by Gasteiger charge is 2.21. The lowest BCUT2D eigenvalue weighted by molar-refractivity contribution is 0.0691. The van der Waals surface area contributed by atoms with Crippen molar-refractivity contribution in [3.8, 4) is 0 Å². The van der Waals surface area contributed by atoms with Crippen LogP contribution < -0.4 is 0 Å². The molecular weight excluding hydrogens is 212 g/mol. The number of thiazole rings is 1. The third-order valence-corrected chi connectivity index (χ3v) is 3.63. The average molecular weight is 226 g/mol. The molecule has 1 saturated heterocycles. The van der Waals surface area contributed by atoms with E-state index in [4.69, 9.17) is 5.11 Å². The van der Waals surface area contributed by atoms with Crippen molar-refractivity contribution < 1.29 is 9.90 Å². The zero-order valence-corrected chi connectivity index (χ0v) is 9.46. The zero-order chi connectivity index (χ0) is 10.8. The third-order valence-electron chi connectivity index (χ3n) is 2.80. The SMILES string of the molecule is CC1CCCN1Cc1nc(C(=O)O)cs1. The number of aromatic carboxylic acids is 1. The molecule has 2 rings (SSSR count). The molecule has 1 fully saturated rings. The summed E-state index contributed by atoms with van der Waals surface area (Å²) in [6.45, 7) is 4.10. The summed E-state index contributed by atoms with van der Waals surface area (Å²) in [6, 6.07) is 0.599. The molecule has 1 aromatic heterocycles. The fraction of sp³-hybridized carbons (Fsp3) is 0.600. The van der Waals surface area contributed by atoms with Crippen LogP contribution in [0.3, 0.4) is 0 Å². The second kappa shape index (κ2) is 4.28. The number of rotatable bonds is 3. The van der Waals surface area contributed by atoms with Crippen LogP contribution in [-0.4, -0.2) is 33.5 Å². The summed E-state index contributed by atoms with van der Waals surface area (Å²) in [5, 5.41) is 11.3. The van der Waals surface area contributed by atoms with Gasteiger partial charge in [-0.1, -0.05) is 0 Å². The number of aromatic nitrogens is 1. The number of carboxylic acids is 1. The number of likely N-dealkylation sites (tertiary alicyclic amines) is 1. The number of carbonyl (C=O) groups is 1. The van der Waals surface area contributed by atoms with E-state index in [1.165, 1.54) is 24.2 Å². The summed E-state index contributed by atoms with van der Waals surface area (Å²) in [6.07, 6.45) is 2.47. The minimum Gasteiger partial charge on any atom is -0.476 e. The van der Waals surface area contributed by atoms with Crippen molar-refractivity contribution in [3.63, 3.8) is 0 Å². The van der Waals surface area contributed by atoms with E-state index in [0.29, 0.717) is 6.04 Å². The molecule has 1 atom stereocenters. The molecule has 0 aliphatic carbocycles. The molecule has 2 heterocycles. The van der Waals surface area contributed by atoms with Crippen molar-refractivity contribution in [2.45, 2.75) is 32.4 Å². The lowest BCUT2D eigenvalue weighted by Crippen LogP contribution is -2.26. The standard InChI is InChI=1S/C10H14N2O2S/c1-7-3-2-4-12(7)5-9-11-8(6-15-9)10(13)14/h6-7H,2-5H2,1H3,(H,13,14). The maximum atomic E-state index is 10.6. The van der Waals surface area contributed by atoms with Crippen molar-refractivity contribution in [1.29, 1.82) is 0 Å². The van der Waals surface area contributed by atoms with Gasteiger partial charge in [-0.2, -0.15) is 0 Å². The van der Waals surface area contributed by atoms with Gasteiger partial charge in [0.15, 0.2) is 5.69 Å². The summed E-state index contributed by atoms with van der Waals surface area (Å²) in [5.74, 6) is -0.938. The van der Waals surface area contributed by atoms with Gasteiger partial charge in [0.1, 0.15) is 5.01 Å². The Kier molecular flexibility index (Phi) is 3.02. The van der Waals surface area contributed by atoms with E-state index in [1.807, 2.05) is 0 Å². The van der Waals surface area contributed by atoms with Gasteiger partial charge < -0.3 is 5.11 Å². The topological polar surface area (TPSA) is 53.4 Å². The summed E-state index contributed by atoms with van der Waals surface area (Å²) in [5.41, 5.74) is 0.168. The minimum absolute atomic E-state index is 0.168. The quantitative estimate of drug-likeness (QED) is 0.854. The van der Waals surface area contributed by atoms with E-state index in [9.17, 15) is 4.79 Å². The highest BCUT2D eigenvalue weighted by atomic mass is 32.1. The Morgan fingerprint density at radius 3 is 3.13 bits per heavy atom. The highest BCUT2D eigenvalue weighted by Crippen LogP contribution is 2.20. The zero-order valence-electron chi connectivity index (χ0n) is 8.64. The van der Waals surface area contributed by atoms with Crippen molar-refractivity contribution in [2.75, 3.05) is 6.54 Å². The molecule has 0 bridgehead atoms. The molecule has 4 nitrogen and oxygen atoms in total. The van der Waals surface area contributed by atoms with Crippen LogP contribution in [0.25, 0.3) is 0 Å². The third kappa shape index (κ3) is 2.35. The predicted molar refractivity (Wildman–Crippen MR) is 58.2 cm³/mol. The van der Waals surface area contributed by atoms with E-state index >= 15 is 0 Å². The van der Waals surface area contributed by atoms with Crippen molar-refractivity contribution in [1.82, 2.24) is 9.88 Å². The molecule has 15 heavy (non-hydrogen) atoms. The number of nitrogens with zero attached hydrogens (tertiary/aromatic N) is 2. The van der Waals surface area contributed by atoms with Crippen LogP contribution >= 0.6 is 11.3 Å². The maximum absolute atomic E-state index is 10.6. The van der Waals surface area contributed by atoms with Crippen molar-refractivity contribution >= 4 is 17.3 Å². The average Bonchev–Trinajstić information content (AvgIpc) is 2.77. The lowest BCUT2D eigenvalue weighted by Gasteiger charge is -2.18. The van der Waals surface area contributed by atoms with E-state index in [1.54, 1.807) is 5.38 Å². The fourth-order valence-electron chi connectivity index (χ4n) is 1.88. The smallest absolute Gasteiger partial charge is 0.355 e. The van der Waals surface area contributed by atoms with E-state index in [-0.39, 0.29) is 5.69 Å². The van der Waals surface area contributed by atoms with Gasteiger partial charge in [0, 0.05) is 11.4 Å². The van der Waals surface area contributed by atoms with Crippen LogP contribution in [0.1, 0.15) is 35.3 Å². The summed E-state index contributed by atoms with van der Waals surface area (Å²) >= 11 is 1.43. The Morgan fingerprint density at radius 1 is 1.80 bits per heavy atom. The van der Waals surface area contributed by atoms with Gasteiger partial charge in [-0.25, -0.2) is 9.78 Å². The van der Waals surface area contributed by atoms with Crippen LogP contribution in [0, 0.1) is 0 Å². The molecule has 0 radical (unpaired) electrons. The molecule has 0 spiro atoms. The predicted octanol–water partition coefficient (Wildman–Crippen LogP) is 1.83. The van der Waals surface area contributed by atoms with Crippen LogP contribution in [0.5, 0.6) is 0 Å². The Balaban J connectivity index is 2.01.